The summed E-state index contributed by atoms with van der Waals surface area (Å²) < 4.78 is 5.87. The first-order chi connectivity index (χ1) is 11.7. The molecule has 1 amide bonds. The van der Waals surface area contributed by atoms with Crippen LogP contribution in [0.1, 0.15) is 29.0 Å². The van der Waals surface area contributed by atoms with Crippen molar-refractivity contribution in [2.24, 2.45) is 17.8 Å². The van der Waals surface area contributed by atoms with Crippen molar-refractivity contribution in [2.45, 2.75) is 32.7 Å². The minimum Gasteiger partial charge on any atom is -0.381 e. The van der Waals surface area contributed by atoms with E-state index >= 15 is 0 Å². The minimum absolute atomic E-state index is 0.356. The van der Waals surface area contributed by atoms with Crippen LogP contribution in [-0.4, -0.2) is 55.1 Å². The van der Waals surface area contributed by atoms with Crippen LogP contribution in [0, 0.1) is 24.7 Å². The van der Waals surface area contributed by atoms with E-state index < -0.39 is 0 Å². The van der Waals surface area contributed by atoms with Crippen LogP contribution in [0.5, 0.6) is 0 Å². The molecule has 0 radical (unpaired) electrons. The molecule has 0 N–H and O–H groups in total. The van der Waals surface area contributed by atoms with E-state index in [1.165, 1.54) is 22.6 Å². The van der Waals surface area contributed by atoms with Crippen molar-refractivity contribution >= 4 is 17.2 Å². The molecule has 0 saturated carbocycles. The largest absolute Gasteiger partial charge is 0.381 e. The zero-order chi connectivity index (χ0) is 16.5. The maximum absolute atomic E-state index is 12.5. The molecule has 1 aromatic heterocycles. The topological polar surface area (TPSA) is 32.8 Å². The summed E-state index contributed by atoms with van der Waals surface area (Å²) in [4.78, 5) is 20.0. The van der Waals surface area contributed by atoms with Crippen LogP contribution in [-0.2, 0) is 16.1 Å². The average Bonchev–Trinajstić information content (AvgIpc) is 3.28. The van der Waals surface area contributed by atoms with E-state index in [1.807, 2.05) is 11.3 Å². The molecule has 4 heterocycles. The number of carbonyl (C=O) groups is 1. The fourth-order valence-corrected chi connectivity index (χ4v) is 5.58. The minimum atomic E-state index is 0.356. The molecule has 0 bridgehead atoms. The van der Waals surface area contributed by atoms with Crippen LogP contribution in [0.4, 0.5) is 0 Å². The Labute approximate surface area is 148 Å². The highest BCUT2D eigenvalue weighted by molar-refractivity contribution is 7.11. The lowest BCUT2D eigenvalue weighted by atomic mass is 9.81. The summed E-state index contributed by atoms with van der Waals surface area (Å²) >= 11 is 1.90. The van der Waals surface area contributed by atoms with Gasteiger partial charge in [0.15, 0.2) is 0 Å². The van der Waals surface area contributed by atoms with Crippen molar-refractivity contribution in [3.63, 3.8) is 0 Å². The summed E-state index contributed by atoms with van der Waals surface area (Å²) in [6.07, 6.45) is 3.03. The van der Waals surface area contributed by atoms with Gasteiger partial charge in [-0.15, -0.1) is 11.3 Å². The number of fused-ring (bicyclic) bond motifs is 1. The first kappa shape index (κ1) is 16.6. The number of hydrogen-bond acceptors (Lipinski definition) is 4. The highest BCUT2D eigenvalue weighted by Crippen LogP contribution is 2.37. The van der Waals surface area contributed by atoms with Crippen molar-refractivity contribution in [3.05, 3.63) is 21.9 Å². The fourth-order valence-electron chi connectivity index (χ4n) is 4.64. The van der Waals surface area contributed by atoms with Crippen molar-refractivity contribution in [1.82, 2.24) is 9.80 Å². The lowest BCUT2D eigenvalue weighted by Gasteiger charge is -2.33. The zero-order valence-corrected chi connectivity index (χ0v) is 15.4. The van der Waals surface area contributed by atoms with Crippen LogP contribution < -0.4 is 0 Å². The number of amides is 1. The first-order valence-electron chi connectivity index (χ1n) is 9.32. The number of rotatable bonds is 4. The molecule has 0 aromatic carbocycles. The van der Waals surface area contributed by atoms with E-state index in [0.717, 1.165) is 45.9 Å². The number of likely N-dealkylation sites (tertiary alicyclic amines) is 2. The van der Waals surface area contributed by atoms with E-state index in [9.17, 15) is 4.79 Å². The standard InChI is InChI=1S/C19H28N2O2S/c1-14-4-5-17(24-14)10-20-9-16-13-23-12-15(18(16)11-20)8-19(22)21-6-2-3-7-21/h4-5,15-16,18H,2-3,6-13H2,1H3/t15-,16-,18+/m1/s1. The third-order valence-electron chi connectivity index (χ3n) is 5.91. The third-order valence-corrected chi connectivity index (χ3v) is 6.89. The number of nitrogens with zero attached hydrogens (tertiary/aromatic N) is 2. The van der Waals surface area contributed by atoms with Gasteiger partial charge in [0.1, 0.15) is 0 Å². The summed E-state index contributed by atoms with van der Waals surface area (Å²) in [5.74, 6) is 2.00. The Morgan fingerprint density at radius 2 is 2.08 bits per heavy atom. The van der Waals surface area contributed by atoms with Crippen LogP contribution in [0.25, 0.3) is 0 Å². The van der Waals surface area contributed by atoms with Gasteiger partial charge in [-0.25, -0.2) is 0 Å². The van der Waals surface area contributed by atoms with Gasteiger partial charge in [-0.1, -0.05) is 0 Å². The molecule has 3 aliphatic heterocycles. The molecule has 0 unspecified atom stereocenters. The van der Waals surface area contributed by atoms with Gasteiger partial charge in [-0.2, -0.15) is 0 Å². The van der Waals surface area contributed by atoms with Crippen molar-refractivity contribution in [3.8, 4) is 0 Å². The van der Waals surface area contributed by atoms with E-state index in [0.29, 0.717) is 30.1 Å². The molecule has 1 aromatic rings. The predicted octanol–water partition coefficient (Wildman–Crippen LogP) is 2.76. The number of hydrogen-bond donors (Lipinski definition) is 0. The van der Waals surface area contributed by atoms with Crippen molar-refractivity contribution < 1.29 is 9.53 Å². The van der Waals surface area contributed by atoms with Gasteiger partial charge in [0.2, 0.25) is 5.91 Å². The number of carbonyl (C=O) groups excluding carboxylic acids is 1. The summed E-state index contributed by atoms with van der Waals surface area (Å²) in [6, 6.07) is 4.47. The zero-order valence-electron chi connectivity index (χ0n) is 14.6. The van der Waals surface area contributed by atoms with Gasteiger partial charge in [-0.3, -0.25) is 9.69 Å². The Hall–Kier alpha value is -0.910. The van der Waals surface area contributed by atoms with Crippen LogP contribution in [0.2, 0.25) is 0 Å². The Morgan fingerprint density at radius 1 is 1.25 bits per heavy atom. The second-order valence-electron chi connectivity index (χ2n) is 7.72. The SMILES string of the molecule is Cc1ccc(CN2C[C@@H]3COC[C@@H](CC(=O)N4CCCC4)[C@@H]3C2)s1. The van der Waals surface area contributed by atoms with E-state index in [2.05, 4.69) is 28.9 Å². The Kier molecular flexibility index (Phi) is 4.93. The van der Waals surface area contributed by atoms with Crippen LogP contribution >= 0.6 is 11.3 Å². The Morgan fingerprint density at radius 3 is 2.83 bits per heavy atom. The molecule has 3 saturated heterocycles. The molecule has 24 heavy (non-hydrogen) atoms. The van der Waals surface area contributed by atoms with E-state index in [4.69, 9.17) is 4.74 Å². The summed E-state index contributed by atoms with van der Waals surface area (Å²) in [5.41, 5.74) is 0. The van der Waals surface area contributed by atoms with Crippen LogP contribution in [0.3, 0.4) is 0 Å². The van der Waals surface area contributed by atoms with Crippen molar-refractivity contribution in [2.75, 3.05) is 39.4 Å². The lowest BCUT2D eigenvalue weighted by molar-refractivity contribution is -0.133. The summed E-state index contributed by atoms with van der Waals surface area (Å²) in [6.45, 7) is 9.05. The molecule has 3 aliphatic rings. The summed E-state index contributed by atoms with van der Waals surface area (Å²) in [7, 11) is 0. The monoisotopic (exact) mass is 348 g/mol. The maximum atomic E-state index is 12.5. The molecular formula is C19H28N2O2S. The molecule has 5 heteroatoms. The molecule has 3 fully saturated rings. The molecule has 132 valence electrons. The predicted molar refractivity (Wildman–Crippen MR) is 96.1 cm³/mol. The average molecular weight is 349 g/mol. The molecule has 0 aliphatic carbocycles. The molecule has 0 spiro atoms. The maximum Gasteiger partial charge on any atom is 0.222 e. The normalized spacial score (nSPS) is 30.7. The van der Waals surface area contributed by atoms with Gasteiger partial charge in [0.05, 0.1) is 13.2 Å². The number of thiophene rings is 1. The second kappa shape index (κ2) is 7.14. The van der Waals surface area contributed by atoms with Crippen LogP contribution in [0.15, 0.2) is 12.1 Å². The first-order valence-corrected chi connectivity index (χ1v) is 10.1. The Balaban J connectivity index is 1.36. The van der Waals surface area contributed by atoms with Gasteiger partial charge in [-0.05, 0) is 49.7 Å². The smallest absolute Gasteiger partial charge is 0.222 e. The van der Waals surface area contributed by atoms with Gasteiger partial charge in [0, 0.05) is 48.9 Å². The van der Waals surface area contributed by atoms with Gasteiger partial charge >= 0.3 is 0 Å². The molecule has 4 nitrogen and oxygen atoms in total. The second-order valence-corrected chi connectivity index (χ2v) is 9.09. The lowest BCUT2D eigenvalue weighted by Crippen LogP contribution is -2.39. The third kappa shape index (κ3) is 3.53. The summed E-state index contributed by atoms with van der Waals surface area (Å²) in [5, 5.41) is 0. The van der Waals surface area contributed by atoms with Crippen molar-refractivity contribution in [1.29, 1.82) is 0 Å². The fraction of sp³-hybridized carbons (Fsp3) is 0.737. The van der Waals surface area contributed by atoms with Gasteiger partial charge < -0.3 is 9.64 Å². The molecular weight excluding hydrogens is 320 g/mol. The van der Waals surface area contributed by atoms with E-state index in [1.54, 1.807) is 0 Å². The Bertz CT molecular complexity index is 582. The molecule has 3 atom stereocenters. The van der Waals surface area contributed by atoms with E-state index in [-0.39, 0.29) is 0 Å². The molecule has 4 rings (SSSR count). The quantitative estimate of drug-likeness (QED) is 0.839. The van der Waals surface area contributed by atoms with Gasteiger partial charge in [0.25, 0.3) is 0 Å². The number of ether oxygens (including phenoxy) is 1. The highest BCUT2D eigenvalue weighted by Gasteiger charge is 2.42. The highest BCUT2D eigenvalue weighted by atomic mass is 32.1. The number of aryl methyl sites for hydroxylation is 1.